The van der Waals surface area contributed by atoms with Crippen LogP contribution in [-0.2, 0) is 13.0 Å². The van der Waals surface area contributed by atoms with Crippen LogP contribution in [0.1, 0.15) is 29.3 Å². The summed E-state index contributed by atoms with van der Waals surface area (Å²) in [4.78, 5) is 33.5. The zero-order valence-corrected chi connectivity index (χ0v) is 15.9. The lowest BCUT2D eigenvalue weighted by molar-refractivity contribution is 0.653. The fourth-order valence-corrected chi connectivity index (χ4v) is 4.12. The summed E-state index contributed by atoms with van der Waals surface area (Å²) in [6.07, 6.45) is 2.20. The Morgan fingerprint density at radius 3 is 2.46 bits per heavy atom. The van der Waals surface area contributed by atoms with E-state index in [1.165, 1.54) is 16.3 Å². The summed E-state index contributed by atoms with van der Waals surface area (Å²) in [6, 6.07) is 11.6. The van der Waals surface area contributed by atoms with E-state index in [1.54, 1.807) is 18.3 Å². The second-order valence-electron chi connectivity index (χ2n) is 6.23. The van der Waals surface area contributed by atoms with Crippen LogP contribution >= 0.6 is 11.8 Å². The van der Waals surface area contributed by atoms with E-state index in [2.05, 4.69) is 28.2 Å². The Balaban J connectivity index is 2.02. The molecule has 0 saturated heterocycles. The molecule has 1 N–H and O–H groups in total. The molecule has 2 aromatic heterocycles. The smallest absolute Gasteiger partial charge is 0.301 e. The lowest BCUT2D eigenvalue weighted by atomic mass is 10.2. The quantitative estimate of drug-likeness (QED) is 0.703. The first-order valence-corrected chi connectivity index (χ1v) is 9.31. The van der Waals surface area contributed by atoms with Crippen LogP contribution in [0.25, 0.3) is 0 Å². The van der Waals surface area contributed by atoms with Crippen molar-refractivity contribution in [3.05, 3.63) is 85.8 Å². The molecule has 6 heteroatoms. The molecule has 0 atom stereocenters. The fourth-order valence-electron chi connectivity index (χ4n) is 2.90. The summed E-state index contributed by atoms with van der Waals surface area (Å²) in [7, 11) is 0. The molecule has 0 unspecified atom stereocenters. The lowest BCUT2D eigenvalue weighted by Crippen LogP contribution is -2.38. The molecule has 134 valence electrons. The second kappa shape index (κ2) is 7.74. The van der Waals surface area contributed by atoms with Crippen molar-refractivity contribution in [1.82, 2.24) is 14.5 Å². The summed E-state index contributed by atoms with van der Waals surface area (Å²) >= 11 is 1.43. The Bertz CT molecular complexity index is 1020. The molecule has 0 radical (unpaired) electrons. The lowest BCUT2D eigenvalue weighted by Gasteiger charge is -2.11. The Morgan fingerprint density at radius 2 is 1.85 bits per heavy atom. The summed E-state index contributed by atoms with van der Waals surface area (Å²) in [5, 5.41) is 0.616. The fraction of sp³-hybridized carbons (Fsp3) is 0.250. The minimum absolute atomic E-state index is 0.163. The molecule has 0 bridgehead atoms. The third-order valence-corrected chi connectivity index (χ3v) is 5.08. The van der Waals surface area contributed by atoms with E-state index in [0.717, 1.165) is 16.0 Å². The van der Waals surface area contributed by atoms with Crippen molar-refractivity contribution in [2.24, 2.45) is 0 Å². The molecule has 0 fully saturated rings. The van der Waals surface area contributed by atoms with Crippen molar-refractivity contribution in [3.63, 3.8) is 0 Å². The molecule has 3 aromatic rings. The Kier molecular flexibility index (Phi) is 5.42. The number of aryl methyl sites for hydroxylation is 2. The zero-order valence-electron chi connectivity index (χ0n) is 15.1. The average molecular weight is 367 g/mol. The van der Waals surface area contributed by atoms with Gasteiger partial charge in [-0.15, -0.1) is 0 Å². The number of pyridine rings is 1. The summed E-state index contributed by atoms with van der Waals surface area (Å²) in [6.45, 7) is 6.15. The van der Waals surface area contributed by atoms with Gasteiger partial charge in [0, 0.05) is 16.7 Å². The van der Waals surface area contributed by atoms with Crippen molar-refractivity contribution in [2.45, 2.75) is 43.7 Å². The normalized spacial score (nSPS) is 10.9. The highest BCUT2D eigenvalue weighted by Gasteiger charge is 2.14. The van der Waals surface area contributed by atoms with E-state index >= 15 is 0 Å². The maximum Gasteiger partial charge on any atom is 0.329 e. The van der Waals surface area contributed by atoms with Gasteiger partial charge in [-0.2, -0.15) is 0 Å². The molecule has 0 amide bonds. The van der Waals surface area contributed by atoms with E-state index in [9.17, 15) is 9.59 Å². The Hall–Kier alpha value is -2.60. The van der Waals surface area contributed by atoms with Gasteiger partial charge in [0.25, 0.3) is 5.56 Å². The van der Waals surface area contributed by atoms with Gasteiger partial charge in [0.05, 0.1) is 17.3 Å². The third-order valence-electron chi connectivity index (χ3n) is 4.06. The number of aromatic amines is 1. The molecule has 1 aromatic carbocycles. The van der Waals surface area contributed by atoms with Gasteiger partial charge in [-0.3, -0.25) is 14.3 Å². The summed E-state index contributed by atoms with van der Waals surface area (Å²) in [5.41, 5.74) is 2.92. The van der Waals surface area contributed by atoms with E-state index in [0.29, 0.717) is 22.7 Å². The molecule has 0 aliphatic heterocycles. The topological polar surface area (TPSA) is 67.8 Å². The van der Waals surface area contributed by atoms with Gasteiger partial charge >= 0.3 is 5.69 Å². The predicted octanol–water partition coefficient (Wildman–Crippen LogP) is 3.31. The van der Waals surface area contributed by atoms with Crippen LogP contribution < -0.4 is 11.2 Å². The van der Waals surface area contributed by atoms with Crippen molar-refractivity contribution >= 4 is 11.8 Å². The van der Waals surface area contributed by atoms with Gasteiger partial charge < -0.3 is 4.98 Å². The Labute approximate surface area is 156 Å². The molecule has 5 nitrogen and oxygen atoms in total. The van der Waals surface area contributed by atoms with E-state index in [1.807, 2.05) is 26.8 Å². The highest BCUT2D eigenvalue weighted by Crippen LogP contribution is 2.28. The monoisotopic (exact) mass is 367 g/mol. The standard InChI is InChI=1S/C20H21N3O2S/c1-4-17-18(26-16-10-13(2)9-14(3)11-16)22-20(25)23(19(17)24)12-15-7-5-6-8-21-15/h5-11H,4,12H2,1-3H3,(H,22,25). The van der Waals surface area contributed by atoms with Crippen LogP contribution in [0, 0.1) is 13.8 Å². The Morgan fingerprint density at radius 1 is 1.12 bits per heavy atom. The van der Waals surface area contributed by atoms with E-state index < -0.39 is 5.69 Å². The van der Waals surface area contributed by atoms with Gasteiger partial charge in [-0.05, 0) is 55.7 Å². The number of hydrogen-bond acceptors (Lipinski definition) is 4. The largest absolute Gasteiger partial charge is 0.329 e. The molecule has 0 spiro atoms. The molecule has 3 rings (SSSR count). The van der Waals surface area contributed by atoms with Crippen molar-refractivity contribution in [2.75, 3.05) is 0 Å². The maximum atomic E-state index is 12.9. The van der Waals surface area contributed by atoms with Gasteiger partial charge in [0.15, 0.2) is 0 Å². The highest BCUT2D eigenvalue weighted by molar-refractivity contribution is 7.99. The number of nitrogens with zero attached hydrogens (tertiary/aromatic N) is 2. The van der Waals surface area contributed by atoms with Crippen LogP contribution in [-0.4, -0.2) is 14.5 Å². The molecular formula is C20H21N3O2S. The summed E-state index contributed by atoms with van der Waals surface area (Å²) < 4.78 is 1.21. The first kappa shape index (κ1) is 18.2. The van der Waals surface area contributed by atoms with Crippen LogP contribution in [0.3, 0.4) is 0 Å². The van der Waals surface area contributed by atoms with Crippen LogP contribution in [0.4, 0.5) is 0 Å². The minimum atomic E-state index is -0.412. The van der Waals surface area contributed by atoms with Gasteiger partial charge in [-0.25, -0.2) is 4.79 Å². The maximum absolute atomic E-state index is 12.9. The van der Waals surface area contributed by atoms with Crippen LogP contribution in [0.15, 0.2) is 62.1 Å². The van der Waals surface area contributed by atoms with Crippen molar-refractivity contribution < 1.29 is 0 Å². The minimum Gasteiger partial charge on any atom is -0.301 e. The van der Waals surface area contributed by atoms with Gasteiger partial charge in [-0.1, -0.05) is 30.8 Å². The number of aromatic nitrogens is 3. The SMILES string of the molecule is CCc1c(Sc2cc(C)cc(C)c2)[nH]c(=O)n(Cc2ccccn2)c1=O. The molecule has 2 heterocycles. The van der Waals surface area contributed by atoms with Gasteiger partial charge in [0.2, 0.25) is 0 Å². The highest BCUT2D eigenvalue weighted by atomic mass is 32.2. The average Bonchev–Trinajstić information content (AvgIpc) is 2.59. The van der Waals surface area contributed by atoms with Crippen molar-refractivity contribution in [1.29, 1.82) is 0 Å². The molecular weight excluding hydrogens is 346 g/mol. The van der Waals surface area contributed by atoms with Crippen LogP contribution in [0.5, 0.6) is 0 Å². The van der Waals surface area contributed by atoms with E-state index in [4.69, 9.17) is 0 Å². The predicted molar refractivity (Wildman–Crippen MR) is 104 cm³/mol. The molecule has 26 heavy (non-hydrogen) atoms. The number of rotatable bonds is 5. The number of H-pyrrole nitrogens is 1. The van der Waals surface area contributed by atoms with Crippen LogP contribution in [0.2, 0.25) is 0 Å². The summed E-state index contributed by atoms with van der Waals surface area (Å²) in [5.74, 6) is 0. The zero-order chi connectivity index (χ0) is 18.7. The number of hydrogen-bond donors (Lipinski definition) is 1. The molecule has 0 aliphatic carbocycles. The molecule has 0 aliphatic rings. The number of benzene rings is 1. The first-order valence-electron chi connectivity index (χ1n) is 8.50. The van der Waals surface area contributed by atoms with Crippen molar-refractivity contribution in [3.8, 4) is 0 Å². The first-order chi connectivity index (χ1) is 12.5. The van der Waals surface area contributed by atoms with E-state index in [-0.39, 0.29) is 12.1 Å². The third kappa shape index (κ3) is 3.96. The number of nitrogens with one attached hydrogen (secondary N) is 1. The van der Waals surface area contributed by atoms with Gasteiger partial charge in [0.1, 0.15) is 0 Å². The molecule has 0 saturated carbocycles. The second-order valence-corrected chi connectivity index (χ2v) is 7.31.